The Balaban J connectivity index is 2.05. The molecule has 0 aliphatic carbocycles. The van der Waals surface area contributed by atoms with Crippen molar-refractivity contribution in [2.24, 2.45) is 12.8 Å². The van der Waals surface area contributed by atoms with Gasteiger partial charge in [0.05, 0.1) is 24.0 Å². The third-order valence-electron chi connectivity index (χ3n) is 3.31. The fourth-order valence-corrected chi connectivity index (χ4v) is 2.60. The minimum absolute atomic E-state index is 0.174. The fourth-order valence-electron chi connectivity index (χ4n) is 2.36. The first-order valence-corrected chi connectivity index (χ1v) is 6.77. The lowest BCUT2D eigenvalue weighted by Crippen LogP contribution is -2.43. The van der Waals surface area contributed by atoms with Gasteiger partial charge in [-0.1, -0.05) is 12.2 Å². The lowest BCUT2D eigenvalue weighted by molar-refractivity contribution is -0.0117. The minimum atomic E-state index is 0.174. The number of aromatic nitrogens is 2. The standard InChI is InChI=1S/C12H21N5OS/c1-8-10(11(13)19)12(17(3)15-8)14-6-9-7-16(2)4-5-18-9/h9,14H,4-7H2,1-3H3,(H2,13,19). The highest BCUT2D eigenvalue weighted by molar-refractivity contribution is 7.80. The minimum Gasteiger partial charge on any atom is -0.389 e. The molecule has 1 aromatic heterocycles. The number of morpholine rings is 1. The van der Waals surface area contributed by atoms with Gasteiger partial charge >= 0.3 is 0 Å². The molecule has 0 radical (unpaired) electrons. The molecule has 19 heavy (non-hydrogen) atoms. The summed E-state index contributed by atoms with van der Waals surface area (Å²) in [5.74, 6) is 0.863. The average Bonchev–Trinajstić information content (AvgIpc) is 2.61. The van der Waals surface area contributed by atoms with Gasteiger partial charge in [-0.05, 0) is 14.0 Å². The van der Waals surface area contributed by atoms with E-state index in [1.807, 2.05) is 14.0 Å². The number of nitrogens with two attached hydrogens (primary N) is 1. The van der Waals surface area contributed by atoms with E-state index < -0.39 is 0 Å². The summed E-state index contributed by atoms with van der Waals surface area (Å²) in [4.78, 5) is 2.63. The molecule has 1 atom stereocenters. The Hall–Kier alpha value is -1.18. The highest BCUT2D eigenvalue weighted by Gasteiger charge is 2.20. The largest absolute Gasteiger partial charge is 0.389 e. The quantitative estimate of drug-likeness (QED) is 0.764. The van der Waals surface area contributed by atoms with E-state index in [4.69, 9.17) is 22.7 Å². The number of anilines is 1. The molecule has 0 amide bonds. The predicted octanol–water partition coefficient (Wildman–Crippen LogP) is 0.105. The zero-order chi connectivity index (χ0) is 14.0. The smallest absolute Gasteiger partial charge is 0.134 e. The molecule has 2 heterocycles. The Morgan fingerprint density at radius 1 is 1.58 bits per heavy atom. The maximum Gasteiger partial charge on any atom is 0.134 e. The van der Waals surface area contributed by atoms with E-state index in [0.717, 1.165) is 43.3 Å². The third-order valence-corrected chi connectivity index (χ3v) is 3.51. The highest BCUT2D eigenvalue weighted by Crippen LogP contribution is 2.19. The molecule has 3 N–H and O–H groups in total. The van der Waals surface area contributed by atoms with Gasteiger partial charge in [-0.3, -0.25) is 4.68 Å². The molecule has 1 fully saturated rings. The molecule has 0 bridgehead atoms. The molecular weight excluding hydrogens is 262 g/mol. The lowest BCUT2D eigenvalue weighted by Gasteiger charge is -2.30. The summed E-state index contributed by atoms with van der Waals surface area (Å²) in [7, 11) is 3.98. The maximum atomic E-state index is 5.76. The summed E-state index contributed by atoms with van der Waals surface area (Å²) >= 11 is 5.08. The number of hydrogen-bond acceptors (Lipinski definition) is 5. The van der Waals surface area contributed by atoms with Gasteiger partial charge in [0.1, 0.15) is 10.8 Å². The van der Waals surface area contributed by atoms with Crippen LogP contribution >= 0.6 is 12.2 Å². The van der Waals surface area contributed by atoms with Crippen molar-refractivity contribution in [3.63, 3.8) is 0 Å². The summed E-state index contributed by atoms with van der Waals surface area (Å²) in [6.07, 6.45) is 0.174. The molecule has 0 saturated carbocycles. The highest BCUT2D eigenvalue weighted by atomic mass is 32.1. The third kappa shape index (κ3) is 3.23. The molecule has 6 nitrogen and oxygen atoms in total. The molecule has 106 valence electrons. The second-order valence-electron chi connectivity index (χ2n) is 4.93. The molecule has 1 aromatic rings. The fraction of sp³-hybridized carbons (Fsp3) is 0.667. The van der Waals surface area contributed by atoms with Crippen molar-refractivity contribution in [2.45, 2.75) is 13.0 Å². The first-order chi connectivity index (χ1) is 8.99. The Labute approximate surface area is 118 Å². The van der Waals surface area contributed by atoms with Gasteiger partial charge in [-0.2, -0.15) is 5.10 Å². The van der Waals surface area contributed by atoms with Crippen LogP contribution in [0.15, 0.2) is 0 Å². The zero-order valence-corrected chi connectivity index (χ0v) is 12.5. The van der Waals surface area contributed by atoms with Gasteiger partial charge in [-0.25, -0.2) is 0 Å². The number of aryl methyl sites for hydroxylation is 2. The van der Waals surface area contributed by atoms with Crippen molar-refractivity contribution in [2.75, 3.05) is 38.6 Å². The summed E-state index contributed by atoms with van der Waals surface area (Å²) in [5.41, 5.74) is 7.43. The van der Waals surface area contributed by atoms with Crippen molar-refractivity contribution < 1.29 is 4.74 Å². The molecule has 2 rings (SSSR count). The van der Waals surface area contributed by atoms with Crippen LogP contribution < -0.4 is 11.1 Å². The molecule has 0 aromatic carbocycles. The van der Waals surface area contributed by atoms with E-state index in [2.05, 4.69) is 22.4 Å². The van der Waals surface area contributed by atoms with Gasteiger partial charge in [0.15, 0.2) is 0 Å². The summed E-state index contributed by atoms with van der Waals surface area (Å²) in [6, 6.07) is 0. The van der Waals surface area contributed by atoms with Crippen LogP contribution in [0.5, 0.6) is 0 Å². The number of rotatable bonds is 4. The Morgan fingerprint density at radius 3 is 2.95 bits per heavy atom. The van der Waals surface area contributed by atoms with E-state index in [1.54, 1.807) is 4.68 Å². The van der Waals surface area contributed by atoms with Gasteiger partial charge in [0.25, 0.3) is 0 Å². The number of nitrogens with one attached hydrogen (secondary N) is 1. The first kappa shape index (κ1) is 14.2. The summed E-state index contributed by atoms with van der Waals surface area (Å²) in [6.45, 7) is 5.31. The van der Waals surface area contributed by atoms with Gasteiger partial charge in [-0.15, -0.1) is 0 Å². The topological polar surface area (TPSA) is 68.3 Å². The van der Waals surface area contributed by atoms with Crippen molar-refractivity contribution in [3.05, 3.63) is 11.3 Å². The lowest BCUT2D eigenvalue weighted by atomic mass is 10.2. The van der Waals surface area contributed by atoms with Crippen molar-refractivity contribution in [1.29, 1.82) is 0 Å². The van der Waals surface area contributed by atoms with Crippen LogP contribution in [-0.2, 0) is 11.8 Å². The van der Waals surface area contributed by atoms with Crippen LogP contribution in [-0.4, -0.2) is 59.1 Å². The monoisotopic (exact) mass is 283 g/mol. The van der Waals surface area contributed by atoms with Crippen LogP contribution in [0.3, 0.4) is 0 Å². The normalized spacial score (nSPS) is 20.5. The van der Waals surface area contributed by atoms with Crippen LogP contribution in [0.2, 0.25) is 0 Å². The number of thiocarbonyl (C=S) groups is 1. The van der Waals surface area contributed by atoms with Gasteiger partial charge < -0.3 is 20.7 Å². The maximum absolute atomic E-state index is 5.76. The van der Waals surface area contributed by atoms with E-state index in [-0.39, 0.29) is 6.10 Å². The predicted molar refractivity (Wildman–Crippen MR) is 79.6 cm³/mol. The Morgan fingerprint density at radius 2 is 2.32 bits per heavy atom. The van der Waals surface area contributed by atoms with Crippen LogP contribution in [0, 0.1) is 6.92 Å². The van der Waals surface area contributed by atoms with E-state index in [9.17, 15) is 0 Å². The van der Waals surface area contributed by atoms with Crippen LogP contribution in [0.1, 0.15) is 11.3 Å². The molecule has 7 heteroatoms. The van der Waals surface area contributed by atoms with E-state index in [0.29, 0.717) is 4.99 Å². The molecule has 0 spiro atoms. The molecular formula is C12H21N5OS. The second kappa shape index (κ2) is 5.85. The Bertz CT molecular complexity index is 473. The van der Waals surface area contributed by atoms with Gasteiger partial charge in [0.2, 0.25) is 0 Å². The van der Waals surface area contributed by atoms with E-state index >= 15 is 0 Å². The van der Waals surface area contributed by atoms with Crippen molar-refractivity contribution in [1.82, 2.24) is 14.7 Å². The van der Waals surface area contributed by atoms with Crippen molar-refractivity contribution >= 4 is 23.0 Å². The number of ether oxygens (including phenoxy) is 1. The molecule has 1 saturated heterocycles. The molecule has 1 unspecified atom stereocenters. The molecule has 1 aliphatic heterocycles. The van der Waals surface area contributed by atoms with E-state index in [1.165, 1.54) is 0 Å². The second-order valence-corrected chi connectivity index (χ2v) is 5.37. The SMILES string of the molecule is Cc1nn(C)c(NCC2CN(C)CCO2)c1C(N)=S. The number of hydrogen-bond donors (Lipinski definition) is 2. The Kier molecular flexibility index (Phi) is 4.38. The van der Waals surface area contributed by atoms with Crippen molar-refractivity contribution in [3.8, 4) is 0 Å². The first-order valence-electron chi connectivity index (χ1n) is 6.36. The number of likely N-dealkylation sites (N-methyl/N-ethyl adjacent to an activating group) is 1. The zero-order valence-electron chi connectivity index (χ0n) is 11.6. The van der Waals surface area contributed by atoms with Crippen LogP contribution in [0.4, 0.5) is 5.82 Å². The molecule has 1 aliphatic rings. The average molecular weight is 283 g/mol. The van der Waals surface area contributed by atoms with Gasteiger partial charge in [0, 0.05) is 26.7 Å². The van der Waals surface area contributed by atoms with Crippen LogP contribution in [0.25, 0.3) is 0 Å². The summed E-state index contributed by atoms with van der Waals surface area (Å²) < 4.78 is 7.49. The number of nitrogens with zero attached hydrogens (tertiary/aromatic N) is 3. The summed E-state index contributed by atoms with van der Waals surface area (Å²) in [5, 5.41) is 7.70.